The van der Waals surface area contributed by atoms with Crippen LogP contribution in [0.15, 0.2) is 48.7 Å². The van der Waals surface area contributed by atoms with E-state index < -0.39 is 5.92 Å². The molecule has 134 valence electrons. The van der Waals surface area contributed by atoms with Gasteiger partial charge in [0, 0.05) is 30.3 Å². The lowest BCUT2D eigenvalue weighted by molar-refractivity contribution is 0.0175. The molecule has 0 bridgehead atoms. The summed E-state index contributed by atoms with van der Waals surface area (Å²) in [6, 6.07) is 10.3. The van der Waals surface area contributed by atoms with Crippen molar-refractivity contribution in [3.8, 4) is 11.3 Å². The van der Waals surface area contributed by atoms with Gasteiger partial charge in [0.1, 0.15) is 5.82 Å². The van der Waals surface area contributed by atoms with Crippen molar-refractivity contribution in [3.05, 3.63) is 59.8 Å². The fourth-order valence-electron chi connectivity index (χ4n) is 2.70. The molecule has 1 aromatic heterocycles. The van der Waals surface area contributed by atoms with Crippen molar-refractivity contribution < 1.29 is 8.78 Å². The van der Waals surface area contributed by atoms with E-state index in [1.54, 1.807) is 6.07 Å². The number of aryl methyl sites for hydroxylation is 1. The topological polar surface area (TPSA) is 16.1 Å². The zero-order valence-corrected chi connectivity index (χ0v) is 15.4. The third-order valence-corrected chi connectivity index (χ3v) is 4.19. The van der Waals surface area contributed by atoms with Gasteiger partial charge < -0.3 is 4.90 Å². The highest BCUT2D eigenvalue weighted by Crippen LogP contribution is 2.31. The Kier molecular flexibility index (Phi) is 5.93. The Morgan fingerprint density at radius 2 is 1.96 bits per heavy atom. The van der Waals surface area contributed by atoms with Gasteiger partial charge in [-0.2, -0.15) is 0 Å². The average Bonchev–Trinajstić information content (AvgIpc) is 2.56. The van der Waals surface area contributed by atoms with Crippen molar-refractivity contribution in [1.29, 1.82) is 0 Å². The van der Waals surface area contributed by atoms with Gasteiger partial charge in [0.25, 0.3) is 5.92 Å². The normalized spacial score (nSPS) is 11.4. The van der Waals surface area contributed by atoms with Gasteiger partial charge in [-0.25, -0.2) is 13.8 Å². The molecule has 2 aromatic rings. The number of benzene rings is 1. The summed E-state index contributed by atoms with van der Waals surface area (Å²) < 4.78 is 27.3. The van der Waals surface area contributed by atoms with Crippen LogP contribution in [0.1, 0.15) is 44.7 Å². The summed E-state index contributed by atoms with van der Waals surface area (Å²) >= 11 is 0. The van der Waals surface area contributed by atoms with E-state index in [4.69, 9.17) is 4.98 Å². The Morgan fingerprint density at radius 1 is 1.24 bits per heavy atom. The molecule has 0 spiro atoms. The molecule has 0 atom stereocenters. The fourth-order valence-corrected chi connectivity index (χ4v) is 2.70. The van der Waals surface area contributed by atoms with Crippen molar-refractivity contribution in [2.75, 3.05) is 11.4 Å². The van der Waals surface area contributed by atoms with Crippen LogP contribution < -0.4 is 4.90 Å². The van der Waals surface area contributed by atoms with Crippen molar-refractivity contribution in [1.82, 2.24) is 4.98 Å². The average molecular weight is 344 g/mol. The van der Waals surface area contributed by atoms with E-state index in [1.165, 1.54) is 12.1 Å². The van der Waals surface area contributed by atoms with Crippen LogP contribution in [-0.2, 0) is 5.92 Å². The second kappa shape index (κ2) is 7.77. The zero-order chi connectivity index (χ0) is 18.6. The molecule has 0 fully saturated rings. The van der Waals surface area contributed by atoms with Gasteiger partial charge in [-0.1, -0.05) is 44.2 Å². The fraction of sp³-hybridized carbons (Fsp3) is 0.381. The van der Waals surface area contributed by atoms with Crippen molar-refractivity contribution in [3.63, 3.8) is 0 Å². The maximum Gasteiger partial charge on any atom is 0.270 e. The predicted molar refractivity (Wildman–Crippen MR) is 101 cm³/mol. The van der Waals surface area contributed by atoms with Gasteiger partial charge in [0.05, 0.1) is 5.69 Å². The molecule has 0 aliphatic carbocycles. The number of allylic oxidation sites excluding steroid dienone is 1. The second-order valence-electron chi connectivity index (χ2n) is 6.55. The summed E-state index contributed by atoms with van der Waals surface area (Å²) in [4.78, 5) is 6.86. The Bertz CT molecular complexity index is 748. The van der Waals surface area contributed by atoms with Gasteiger partial charge in [-0.15, -0.1) is 0 Å². The minimum atomic E-state index is -2.87. The van der Waals surface area contributed by atoms with Crippen LogP contribution in [0, 0.1) is 6.92 Å². The van der Waals surface area contributed by atoms with Gasteiger partial charge >= 0.3 is 0 Å². The highest BCUT2D eigenvalue weighted by atomic mass is 19.3. The standard InChI is InChI=1S/C21H26F2N2/c1-6-7-13-25(15(2)3)20-16(4)11-12-19(24-20)17-9-8-10-18(14-17)21(5,22)23/h8-12,14H,2,6-7,13H2,1,3-5H3. The van der Waals surface area contributed by atoms with Gasteiger partial charge in [0.2, 0.25) is 0 Å². The number of rotatable bonds is 7. The van der Waals surface area contributed by atoms with Crippen LogP contribution in [0.4, 0.5) is 14.6 Å². The lowest BCUT2D eigenvalue weighted by atomic mass is 10.0. The van der Waals surface area contributed by atoms with Crippen molar-refractivity contribution >= 4 is 5.82 Å². The van der Waals surface area contributed by atoms with Gasteiger partial charge in [0.15, 0.2) is 0 Å². The first-order valence-electron chi connectivity index (χ1n) is 8.63. The first-order valence-corrected chi connectivity index (χ1v) is 8.63. The van der Waals surface area contributed by atoms with Crippen molar-refractivity contribution in [2.24, 2.45) is 0 Å². The first-order chi connectivity index (χ1) is 11.7. The molecule has 0 saturated carbocycles. The number of unbranched alkanes of at least 4 members (excludes halogenated alkanes) is 1. The van der Waals surface area contributed by atoms with E-state index in [0.29, 0.717) is 11.3 Å². The van der Waals surface area contributed by atoms with E-state index >= 15 is 0 Å². The number of hydrogen-bond acceptors (Lipinski definition) is 2. The predicted octanol–water partition coefficient (Wildman–Crippen LogP) is 6.31. The van der Waals surface area contributed by atoms with Crippen molar-refractivity contribution in [2.45, 2.75) is 46.5 Å². The third-order valence-electron chi connectivity index (χ3n) is 4.19. The SMILES string of the molecule is C=C(C)N(CCCC)c1nc(-c2cccc(C(C)(F)F)c2)ccc1C. The van der Waals surface area contributed by atoms with Crippen LogP contribution in [0.2, 0.25) is 0 Å². The van der Waals surface area contributed by atoms with E-state index in [-0.39, 0.29) is 5.56 Å². The summed E-state index contributed by atoms with van der Waals surface area (Å²) in [5, 5.41) is 0. The zero-order valence-electron chi connectivity index (χ0n) is 15.4. The molecule has 0 saturated heterocycles. The number of alkyl halides is 2. The number of hydrogen-bond donors (Lipinski definition) is 0. The molecule has 1 aromatic carbocycles. The number of nitrogens with zero attached hydrogens (tertiary/aromatic N) is 2. The highest BCUT2D eigenvalue weighted by Gasteiger charge is 2.24. The smallest absolute Gasteiger partial charge is 0.270 e. The third kappa shape index (κ3) is 4.65. The monoisotopic (exact) mass is 344 g/mol. The molecule has 0 amide bonds. The molecular formula is C21H26F2N2. The van der Waals surface area contributed by atoms with E-state index in [9.17, 15) is 8.78 Å². The van der Waals surface area contributed by atoms with Gasteiger partial charge in [-0.3, -0.25) is 0 Å². The summed E-state index contributed by atoms with van der Waals surface area (Å²) in [5.41, 5.74) is 3.35. The van der Waals surface area contributed by atoms with Crippen LogP contribution in [-0.4, -0.2) is 11.5 Å². The molecule has 2 rings (SSSR count). The summed E-state index contributed by atoms with van der Waals surface area (Å²) in [5.74, 6) is -2.03. The minimum Gasteiger partial charge on any atom is -0.331 e. The van der Waals surface area contributed by atoms with Crippen LogP contribution >= 0.6 is 0 Å². The number of pyridine rings is 1. The van der Waals surface area contributed by atoms with E-state index in [1.807, 2.05) is 32.0 Å². The molecular weight excluding hydrogens is 318 g/mol. The Morgan fingerprint density at radius 3 is 2.56 bits per heavy atom. The maximum absolute atomic E-state index is 13.6. The molecule has 0 aliphatic rings. The minimum absolute atomic E-state index is 0.00309. The number of halogens is 2. The quantitative estimate of drug-likeness (QED) is 0.585. The molecule has 2 nitrogen and oxygen atoms in total. The van der Waals surface area contributed by atoms with E-state index in [0.717, 1.165) is 43.4 Å². The molecule has 4 heteroatoms. The Balaban J connectivity index is 2.46. The number of aromatic nitrogens is 1. The Hall–Kier alpha value is -2.23. The van der Waals surface area contributed by atoms with Crippen LogP contribution in [0.3, 0.4) is 0 Å². The molecule has 0 N–H and O–H groups in total. The van der Waals surface area contributed by atoms with Crippen LogP contribution in [0.5, 0.6) is 0 Å². The summed E-state index contributed by atoms with van der Waals surface area (Å²) in [7, 11) is 0. The lowest BCUT2D eigenvalue weighted by Gasteiger charge is -2.26. The molecule has 0 unspecified atom stereocenters. The largest absolute Gasteiger partial charge is 0.331 e. The molecule has 0 radical (unpaired) electrons. The first kappa shape index (κ1) is 19.1. The maximum atomic E-state index is 13.6. The van der Waals surface area contributed by atoms with E-state index in [2.05, 4.69) is 18.4 Å². The number of anilines is 1. The second-order valence-corrected chi connectivity index (χ2v) is 6.55. The van der Waals surface area contributed by atoms with Crippen LogP contribution in [0.25, 0.3) is 11.3 Å². The van der Waals surface area contributed by atoms with Gasteiger partial charge in [-0.05, 0) is 38.0 Å². The lowest BCUT2D eigenvalue weighted by Crippen LogP contribution is -2.23. The summed E-state index contributed by atoms with van der Waals surface area (Å²) in [6.45, 7) is 11.9. The summed E-state index contributed by atoms with van der Waals surface area (Å²) in [6.07, 6.45) is 2.12. The molecule has 25 heavy (non-hydrogen) atoms. The highest BCUT2D eigenvalue weighted by molar-refractivity contribution is 5.65. The Labute approximate surface area is 149 Å². The molecule has 1 heterocycles. The molecule has 0 aliphatic heterocycles.